The van der Waals surface area contributed by atoms with Crippen molar-refractivity contribution in [3.63, 3.8) is 0 Å². The summed E-state index contributed by atoms with van der Waals surface area (Å²) >= 11 is 6.39. The number of halogens is 1. The van der Waals surface area contributed by atoms with Crippen molar-refractivity contribution in [2.24, 2.45) is 13.0 Å². The lowest BCUT2D eigenvalue weighted by Crippen LogP contribution is -2.77. The number of aliphatic carboxylic acids is 1. The first kappa shape index (κ1) is 47.0. The quantitative estimate of drug-likeness (QED) is 0.110. The van der Waals surface area contributed by atoms with Gasteiger partial charge in [0, 0.05) is 42.8 Å². The molecule has 0 spiro atoms. The van der Waals surface area contributed by atoms with Gasteiger partial charge in [-0.25, -0.2) is 4.98 Å². The Morgan fingerprint density at radius 3 is 2.46 bits per heavy atom. The van der Waals surface area contributed by atoms with E-state index in [0.717, 1.165) is 52.3 Å². The van der Waals surface area contributed by atoms with Gasteiger partial charge in [0.25, 0.3) is 5.91 Å². The number of hydrogen-bond donors (Lipinski definition) is 2. The van der Waals surface area contributed by atoms with Crippen LogP contribution in [0.25, 0.3) is 11.3 Å². The first-order valence-electron chi connectivity index (χ1n) is 23.5. The number of amides is 3. The average molecular weight is 943 g/mol. The van der Waals surface area contributed by atoms with Crippen molar-refractivity contribution in [3.05, 3.63) is 136 Å². The van der Waals surface area contributed by atoms with Crippen LogP contribution in [0.4, 0.5) is 0 Å². The number of piperidine rings is 1. The molecule has 0 bridgehead atoms. The molecule has 5 atom stereocenters. The van der Waals surface area contributed by atoms with E-state index in [2.05, 4.69) is 19.8 Å². The second-order valence-corrected chi connectivity index (χ2v) is 19.9. The Labute approximate surface area is 402 Å². The SMILES string of the molecule is CN(C)Cc1ncc(-c2ccc(Oc3ccccc3CN[C@@H]3C(=O)N4[C@@H](COC4(C)C)C(=O)N3[C@@]3(Cc4ccc(Cl)cc4)CCCN(C(=O)[C@@H](CC(=O)O)[C@@H]4CCc5ccccc54)C3)cc2)n1C. The van der Waals surface area contributed by atoms with Crippen LogP contribution in [0.15, 0.2) is 103 Å². The summed E-state index contributed by atoms with van der Waals surface area (Å²) < 4.78 is 14.8. The van der Waals surface area contributed by atoms with E-state index in [4.69, 9.17) is 21.1 Å². The van der Waals surface area contributed by atoms with Crippen LogP contribution < -0.4 is 10.1 Å². The van der Waals surface area contributed by atoms with E-state index >= 15 is 14.4 Å². The molecule has 0 radical (unpaired) electrons. The Morgan fingerprint density at radius 1 is 0.971 bits per heavy atom. The van der Waals surface area contributed by atoms with E-state index in [1.165, 1.54) is 0 Å². The number of carbonyl (C=O) groups excluding carboxylic acids is 3. The van der Waals surface area contributed by atoms with Crippen molar-refractivity contribution in [2.45, 2.75) is 94.9 Å². The van der Waals surface area contributed by atoms with Crippen molar-refractivity contribution in [1.29, 1.82) is 0 Å². The first-order chi connectivity index (χ1) is 32.6. The van der Waals surface area contributed by atoms with Crippen LogP contribution in [0.2, 0.25) is 5.02 Å². The first-order valence-corrected chi connectivity index (χ1v) is 23.9. The molecule has 1 aromatic heterocycles. The minimum absolute atomic E-state index is 0.0234. The normalized spacial score (nSPS) is 22.6. The smallest absolute Gasteiger partial charge is 0.304 e. The van der Waals surface area contributed by atoms with E-state index in [0.29, 0.717) is 48.7 Å². The summed E-state index contributed by atoms with van der Waals surface area (Å²) in [6, 6.07) is 30.0. The molecule has 3 fully saturated rings. The zero-order valence-corrected chi connectivity index (χ0v) is 40.1. The minimum atomic E-state index is -1.16. The highest BCUT2D eigenvalue weighted by Gasteiger charge is 2.60. The summed E-state index contributed by atoms with van der Waals surface area (Å²) in [7, 11) is 6.04. The maximum absolute atomic E-state index is 15.4. The molecule has 0 unspecified atom stereocenters. The lowest BCUT2D eigenvalue weighted by Gasteiger charge is -2.56. The Hall–Kier alpha value is -6.06. The summed E-state index contributed by atoms with van der Waals surface area (Å²) in [5.74, 6) is -0.805. The fourth-order valence-corrected chi connectivity index (χ4v) is 11.2. The highest BCUT2D eigenvalue weighted by Crippen LogP contribution is 2.44. The number of piperazine rings is 1. The minimum Gasteiger partial charge on any atom is -0.481 e. The number of imidazole rings is 1. The van der Waals surface area contributed by atoms with Crippen LogP contribution in [-0.4, -0.2) is 115 Å². The van der Waals surface area contributed by atoms with E-state index in [1.54, 1.807) is 40.7 Å². The number of nitrogens with zero attached hydrogens (tertiary/aromatic N) is 6. The number of fused-ring (bicyclic) bond motifs is 2. The molecule has 0 saturated carbocycles. The number of para-hydroxylation sites is 1. The van der Waals surface area contributed by atoms with Crippen molar-refractivity contribution in [3.8, 4) is 22.8 Å². The zero-order chi connectivity index (χ0) is 47.9. The number of benzene rings is 4. The van der Waals surface area contributed by atoms with Crippen LogP contribution in [-0.2, 0) is 56.9 Å². The average Bonchev–Trinajstić information content (AvgIpc) is 4.01. The highest BCUT2D eigenvalue weighted by atomic mass is 35.5. The molecule has 2 N–H and O–H groups in total. The summed E-state index contributed by atoms with van der Waals surface area (Å²) in [5.41, 5.74) is 3.62. The molecule has 1 aliphatic carbocycles. The maximum atomic E-state index is 15.4. The molecule has 9 rings (SSSR count). The molecule has 3 saturated heterocycles. The lowest BCUT2D eigenvalue weighted by atomic mass is 9.78. The monoisotopic (exact) mass is 941 g/mol. The Bertz CT molecular complexity index is 2690. The van der Waals surface area contributed by atoms with Crippen LogP contribution in [0.5, 0.6) is 11.5 Å². The fraction of sp³-hybridized carbons (Fsp3) is 0.415. The fourth-order valence-electron chi connectivity index (χ4n) is 11.1. The van der Waals surface area contributed by atoms with Gasteiger partial charge in [0.15, 0.2) is 6.17 Å². The van der Waals surface area contributed by atoms with Crippen molar-refractivity contribution < 1.29 is 33.8 Å². The van der Waals surface area contributed by atoms with Gasteiger partial charge in [-0.3, -0.25) is 29.4 Å². The molecule has 3 amide bonds. The molecular weight excluding hydrogens is 882 g/mol. The molecule has 356 valence electrons. The van der Waals surface area contributed by atoms with E-state index in [9.17, 15) is 9.90 Å². The zero-order valence-electron chi connectivity index (χ0n) is 39.4. The number of aromatic nitrogens is 2. The molecule has 14 nitrogen and oxygen atoms in total. The van der Waals surface area contributed by atoms with Gasteiger partial charge in [-0.2, -0.15) is 0 Å². The largest absolute Gasteiger partial charge is 0.481 e. The third-order valence-corrected chi connectivity index (χ3v) is 14.6. The maximum Gasteiger partial charge on any atom is 0.304 e. The van der Waals surface area contributed by atoms with Gasteiger partial charge in [-0.05, 0) is 125 Å². The number of likely N-dealkylation sites (tertiary alicyclic amines) is 1. The summed E-state index contributed by atoms with van der Waals surface area (Å²) in [4.78, 5) is 69.9. The van der Waals surface area contributed by atoms with Gasteiger partial charge < -0.3 is 33.8 Å². The number of hydrogen-bond acceptors (Lipinski definition) is 9. The Kier molecular flexibility index (Phi) is 13.2. The summed E-state index contributed by atoms with van der Waals surface area (Å²) in [6.45, 7) is 4.97. The number of aryl methyl sites for hydroxylation is 1. The van der Waals surface area contributed by atoms with Gasteiger partial charge in [0.05, 0.1) is 42.9 Å². The number of carbonyl (C=O) groups is 4. The van der Waals surface area contributed by atoms with Crippen LogP contribution >= 0.6 is 11.6 Å². The van der Waals surface area contributed by atoms with Gasteiger partial charge in [0.2, 0.25) is 11.8 Å². The lowest BCUT2D eigenvalue weighted by molar-refractivity contribution is -0.181. The van der Waals surface area contributed by atoms with Crippen LogP contribution in [0.3, 0.4) is 0 Å². The van der Waals surface area contributed by atoms with E-state index in [1.807, 2.05) is 112 Å². The van der Waals surface area contributed by atoms with Crippen molar-refractivity contribution in [2.75, 3.05) is 33.8 Å². The molecule has 4 aromatic carbocycles. The van der Waals surface area contributed by atoms with E-state index in [-0.39, 0.29) is 49.8 Å². The molecular formula is C53H60ClN7O7. The number of carboxylic acids is 1. The van der Waals surface area contributed by atoms with Gasteiger partial charge in [0.1, 0.15) is 29.1 Å². The Morgan fingerprint density at radius 2 is 1.71 bits per heavy atom. The standard InChI is InChI=1S/C53H60ClN7O7/c1-52(2)60-44(32-67-52)50(65)61(48(51(60)66)56-29-37-12-7-9-14-45(37)68-39-22-17-36(18-23-39)43-30-55-46(58(43)5)31-57(3)4)53(28-34-15-20-38(54)21-16-34)25-10-26-59(33-53)49(64)42(27-47(62)63)41-24-19-35-11-6-8-13-40(35)41/h6-9,11-18,20-23,30,41-42,44,48,56H,10,19,24-29,31-33H2,1-5H3,(H,62,63)/t41-,42+,44+,48+,53-/m1/s1. The molecule has 68 heavy (non-hydrogen) atoms. The second kappa shape index (κ2) is 19.1. The number of rotatable bonds is 15. The predicted octanol–water partition coefficient (Wildman–Crippen LogP) is 7.24. The number of carboxylic acid groups (broad SMARTS) is 1. The predicted molar refractivity (Wildman–Crippen MR) is 258 cm³/mol. The number of ether oxygens (including phenoxy) is 2. The second-order valence-electron chi connectivity index (χ2n) is 19.5. The van der Waals surface area contributed by atoms with Gasteiger partial charge in [-0.15, -0.1) is 0 Å². The number of nitrogens with one attached hydrogen (secondary N) is 1. The van der Waals surface area contributed by atoms with Crippen molar-refractivity contribution >= 4 is 35.3 Å². The molecule has 15 heteroatoms. The molecule has 4 heterocycles. The van der Waals surface area contributed by atoms with Gasteiger partial charge >= 0.3 is 5.97 Å². The molecule has 4 aliphatic rings. The van der Waals surface area contributed by atoms with E-state index < -0.39 is 35.4 Å². The topological polar surface area (TPSA) is 150 Å². The molecule has 5 aromatic rings. The van der Waals surface area contributed by atoms with Crippen molar-refractivity contribution in [1.82, 2.24) is 34.5 Å². The van der Waals surface area contributed by atoms with Crippen LogP contribution in [0.1, 0.15) is 73.5 Å². The third-order valence-electron chi connectivity index (χ3n) is 14.3. The summed E-state index contributed by atoms with van der Waals surface area (Å²) in [6.07, 6.45) is 3.15. The summed E-state index contributed by atoms with van der Waals surface area (Å²) in [5, 5.41) is 14.3. The highest BCUT2D eigenvalue weighted by molar-refractivity contribution is 6.30. The Balaban J connectivity index is 1.04. The third kappa shape index (κ3) is 9.26. The van der Waals surface area contributed by atoms with Crippen LogP contribution in [0, 0.1) is 5.92 Å². The van der Waals surface area contributed by atoms with Gasteiger partial charge in [-0.1, -0.05) is 66.2 Å². The molecule has 3 aliphatic heterocycles.